The number of hydrogen-bond donors (Lipinski definition) is 1. The van der Waals surface area contributed by atoms with Crippen molar-refractivity contribution in [2.45, 2.75) is 39.3 Å². The molecule has 7 heteroatoms. The van der Waals surface area contributed by atoms with Crippen LogP contribution in [0.3, 0.4) is 0 Å². The van der Waals surface area contributed by atoms with Crippen molar-refractivity contribution in [3.8, 4) is 0 Å². The van der Waals surface area contributed by atoms with Crippen LogP contribution in [-0.2, 0) is 11.3 Å². The summed E-state index contributed by atoms with van der Waals surface area (Å²) in [6.07, 6.45) is 1.08. The van der Waals surface area contributed by atoms with Gasteiger partial charge in [-0.1, -0.05) is 32.0 Å². The van der Waals surface area contributed by atoms with Gasteiger partial charge in [0, 0.05) is 18.5 Å². The fourth-order valence-electron chi connectivity index (χ4n) is 3.27. The first-order valence-electron chi connectivity index (χ1n) is 8.43. The molecule has 1 aliphatic heterocycles. The van der Waals surface area contributed by atoms with E-state index in [9.17, 15) is 19.5 Å². The molecule has 0 radical (unpaired) electrons. The molecule has 0 unspecified atom stereocenters. The van der Waals surface area contributed by atoms with Crippen molar-refractivity contribution >= 4 is 22.6 Å². The van der Waals surface area contributed by atoms with E-state index < -0.39 is 17.9 Å². The summed E-state index contributed by atoms with van der Waals surface area (Å²) >= 11 is 0. The number of amides is 1. The average Bonchev–Trinajstić information content (AvgIpc) is 3.06. The third kappa shape index (κ3) is 3.14. The second-order valence-electron chi connectivity index (χ2n) is 6.77. The molecule has 1 aliphatic rings. The van der Waals surface area contributed by atoms with Gasteiger partial charge in [-0.15, -0.1) is 0 Å². The highest BCUT2D eigenvalue weighted by atomic mass is 16.4. The van der Waals surface area contributed by atoms with Crippen LogP contribution in [0.4, 0.5) is 0 Å². The molecule has 1 saturated heterocycles. The Morgan fingerprint density at radius 3 is 2.60 bits per heavy atom. The number of fused-ring (bicyclic) bond motifs is 1. The largest absolute Gasteiger partial charge is 0.480 e. The highest BCUT2D eigenvalue weighted by Crippen LogP contribution is 2.22. The van der Waals surface area contributed by atoms with E-state index in [-0.39, 0.29) is 17.2 Å². The summed E-state index contributed by atoms with van der Waals surface area (Å²) in [4.78, 5) is 38.4. The minimum Gasteiger partial charge on any atom is -0.480 e. The summed E-state index contributed by atoms with van der Waals surface area (Å²) in [7, 11) is 0. The third-order valence-electron chi connectivity index (χ3n) is 4.41. The van der Waals surface area contributed by atoms with Gasteiger partial charge in [0.05, 0.1) is 5.39 Å². The van der Waals surface area contributed by atoms with Gasteiger partial charge in [0.1, 0.15) is 6.04 Å². The standard InChI is InChI=1S/C18H21N3O4/c1-11(2)10-21-16(22)13-7-4-3-6-12(13)15(19-21)17(23)20-9-5-8-14(20)18(24)25/h3-4,6-7,11,14H,5,8-10H2,1-2H3,(H,24,25)/t14-/m1/s1. The molecule has 1 amide bonds. The molecule has 132 valence electrons. The predicted octanol–water partition coefficient (Wildman–Crippen LogP) is 1.74. The van der Waals surface area contributed by atoms with Gasteiger partial charge in [0.2, 0.25) is 0 Å². The molecule has 1 N–H and O–H groups in total. The highest BCUT2D eigenvalue weighted by Gasteiger charge is 2.36. The quantitative estimate of drug-likeness (QED) is 0.913. The fraction of sp³-hybridized carbons (Fsp3) is 0.444. The van der Waals surface area contributed by atoms with Gasteiger partial charge >= 0.3 is 5.97 Å². The van der Waals surface area contributed by atoms with Gasteiger partial charge in [-0.05, 0) is 24.8 Å². The van der Waals surface area contributed by atoms with Crippen LogP contribution in [0.15, 0.2) is 29.1 Å². The maximum absolute atomic E-state index is 13.0. The van der Waals surface area contributed by atoms with Crippen molar-refractivity contribution in [2.24, 2.45) is 5.92 Å². The summed E-state index contributed by atoms with van der Waals surface area (Å²) in [6.45, 7) is 4.71. The van der Waals surface area contributed by atoms with E-state index in [4.69, 9.17) is 0 Å². The lowest BCUT2D eigenvalue weighted by atomic mass is 10.1. The smallest absolute Gasteiger partial charge is 0.326 e. The molecule has 25 heavy (non-hydrogen) atoms. The molecule has 0 aliphatic carbocycles. The zero-order chi connectivity index (χ0) is 18.1. The Morgan fingerprint density at radius 2 is 1.96 bits per heavy atom. The number of likely N-dealkylation sites (tertiary alicyclic amines) is 1. The molecule has 1 aromatic heterocycles. The van der Waals surface area contributed by atoms with Gasteiger partial charge in [-0.3, -0.25) is 9.59 Å². The van der Waals surface area contributed by atoms with E-state index in [2.05, 4.69) is 5.10 Å². The van der Waals surface area contributed by atoms with Gasteiger partial charge in [-0.2, -0.15) is 5.10 Å². The summed E-state index contributed by atoms with van der Waals surface area (Å²) < 4.78 is 1.31. The first kappa shape index (κ1) is 17.1. The Bertz CT molecular complexity index is 888. The maximum Gasteiger partial charge on any atom is 0.326 e. The number of carbonyl (C=O) groups excluding carboxylic acids is 1. The summed E-state index contributed by atoms with van der Waals surface area (Å²) in [6, 6.07) is 6.01. The maximum atomic E-state index is 13.0. The number of carboxylic acid groups (broad SMARTS) is 1. The predicted molar refractivity (Wildman–Crippen MR) is 92.5 cm³/mol. The van der Waals surface area contributed by atoms with Crippen molar-refractivity contribution in [3.63, 3.8) is 0 Å². The number of aromatic nitrogens is 2. The normalized spacial score (nSPS) is 17.4. The lowest BCUT2D eigenvalue weighted by Gasteiger charge is -2.22. The van der Waals surface area contributed by atoms with E-state index in [1.165, 1.54) is 9.58 Å². The Labute approximate surface area is 144 Å². The molecule has 1 aromatic carbocycles. The van der Waals surface area contributed by atoms with Crippen LogP contribution in [0.25, 0.3) is 10.8 Å². The Hall–Kier alpha value is -2.70. The van der Waals surface area contributed by atoms with Gasteiger partial charge in [-0.25, -0.2) is 9.48 Å². The van der Waals surface area contributed by atoms with E-state index in [1.54, 1.807) is 24.3 Å². The molecule has 1 fully saturated rings. The summed E-state index contributed by atoms with van der Waals surface area (Å²) in [5.74, 6) is -1.25. The Balaban J connectivity index is 2.14. The van der Waals surface area contributed by atoms with Crippen LogP contribution in [-0.4, -0.2) is 44.3 Å². The second-order valence-corrected chi connectivity index (χ2v) is 6.77. The monoisotopic (exact) mass is 343 g/mol. The number of benzene rings is 1. The van der Waals surface area contributed by atoms with Crippen LogP contribution in [0, 0.1) is 5.92 Å². The number of rotatable bonds is 4. The van der Waals surface area contributed by atoms with Crippen LogP contribution in [0.1, 0.15) is 37.2 Å². The lowest BCUT2D eigenvalue weighted by molar-refractivity contribution is -0.141. The van der Waals surface area contributed by atoms with E-state index in [0.29, 0.717) is 36.7 Å². The van der Waals surface area contributed by atoms with Crippen LogP contribution >= 0.6 is 0 Å². The van der Waals surface area contributed by atoms with Crippen molar-refractivity contribution in [1.82, 2.24) is 14.7 Å². The number of nitrogens with zero attached hydrogens (tertiary/aromatic N) is 3. The van der Waals surface area contributed by atoms with E-state index >= 15 is 0 Å². The van der Waals surface area contributed by atoms with Crippen LogP contribution in [0.2, 0.25) is 0 Å². The zero-order valence-corrected chi connectivity index (χ0v) is 14.3. The molecule has 1 atom stereocenters. The van der Waals surface area contributed by atoms with E-state index in [1.807, 2.05) is 13.8 Å². The van der Waals surface area contributed by atoms with Crippen molar-refractivity contribution in [2.75, 3.05) is 6.54 Å². The first-order chi connectivity index (χ1) is 11.9. The van der Waals surface area contributed by atoms with Crippen molar-refractivity contribution in [1.29, 1.82) is 0 Å². The van der Waals surface area contributed by atoms with Gasteiger partial charge in [0.15, 0.2) is 5.69 Å². The molecular formula is C18H21N3O4. The SMILES string of the molecule is CC(C)Cn1nc(C(=O)N2CCC[C@@H]2C(=O)O)c2ccccc2c1=O. The average molecular weight is 343 g/mol. The van der Waals surface area contributed by atoms with Gasteiger partial charge < -0.3 is 10.0 Å². The Kier molecular flexibility index (Phi) is 4.57. The van der Waals surface area contributed by atoms with Gasteiger partial charge in [0.25, 0.3) is 11.5 Å². The minimum absolute atomic E-state index is 0.143. The number of aliphatic carboxylic acids is 1. The van der Waals surface area contributed by atoms with Crippen molar-refractivity contribution < 1.29 is 14.7 Å². The Morgan fingerprint density at radius 1 is 1.28 bits per heavy atom. The molecule has 0 spiro atoms. The number of carbonyl (C=O) groups is 2. The summed E-state index contributed by atoms with van der Waals surface area (Å²) in [5, 5.41) is 14.5. The molecule has 2 heterocycles. The second kappa shape index (κ2) is 6.66. The topological polar surface area (TPSA) is 92.5 Å². The number of hydrogen-bond acceptors (Lipinski definition) is 4. The molecule has 0 saturated carbocycles. The lowest BCUT2D eigenvalue weighted by Crippen LogP contribution is -2.41. The molecule has 3 rings (SSSR count). The fourth-order valence-corrected chi connectivity index (χ4v) is 3.27. The molecule has 0 bridgehead atoms. The third-order valence-corrected chi connectivity index (χ3v) is 4.41. The molecule has 7 nitrogen and oxygen atoms in total. The first-order valence-corrected chi connectivity index (χ1v) is 8.43. The number of carboxylic acids is 1. The molecule has 2 aromatic rings. The highest BCUT2D eigenvalue weighted by molar-refractivity contribution is 6.05. The minimum atomic E-state index is -1.01. The van der Waals surface area contributed by atoms with Crippen LogP contribution in [0.5, 0.6) is 0 Å². The van der Waals surface area contributed by atoms with E-state index in [0.717, 1.165) is 0 Å². The zero-order valence-electron chi connectivity index (χ0n) is 14.3. The van der Waals surface area contributed by atoms with Crippen LogP contribution < -0.4 is 5.56 Å². The van der Waals surface area contributed by atoms with Crippen molar-refractivity contribution in [3.05, 3.63) is 40.3 Å². The molecular weight excluding hydrogens is 322 g/mol. The summed E-state index contributed by atoms with van der Waals surface area (Å²) in [5.41, 5.74) is -0.0962.